The summed E-state index contributed by atoms with van der Waals surface area (Å²) in [7, 11) is -3.26. The third-order valence-electron chi connectivity index (χ3n) is 3.31. The zero-order valence-electron chi connectivity index (χ0n) is 11.7. The molecule has 108 valence electrons. The molecule has 2 atom stereocenters. The lowest BCUT2D eigenvalue weighted by atomic mass is 9.76. The molecule has 1 rings (SSSR count). The first-order valence-electron chi connectivity index (χ1n) is 6.11. The molecule has 0 saturated heterocycles. The van der Waals surface area contributed by atoms with Crippen LogP contribution >= 0.6 is 0 Å². The molecule has 5 heteroatoms. The maximum Gasteiger partial charge on any atom is 0.175 e. The highest BCUT2D eigenvalue weighted by molar-refractivity contribution is 7.90. The summed E-state index contributed by atoms with van der Waals surface area (Å²) in [6.45, 7) is 4.97. The molecule has 1 N–H and O–H groups in total. The van der Waals surface area contributed by atoms with E-state index in [0.29, 0.717) is 5.56 Å². The molecule has 0 aromatic heterocycles. The Balaban J connectivity index is 3.04. The maximum atomic E-state index is 13.1. The molecular weight excluding hydrogens is 267 g/mol. The monoisotopic (exact) mass is 288 g/mol. The molecule has 0 spiro atoms. The van der Waals surface area contributed by atoms with Crippen LogP contribution in [0.1, 0.15) is 32.4 Å². The average Bonchev–Trinajstić information content (AvgIpc) is 2.27. The second-order valence-corrected chi connectivity index (χ2v) is 7.93. The average molecular weight is 288 g/mol. The lowest BCUT2D eigenvalue weighted by molar-refractivity contribution is 0.0256. The lowest BCUT2D eigenvalue weighted by Crippen LogP contribution is -2.28. The van der Waals surface area contributed by atoms with Crippen LogP contribution in [-0.4, -0.2) is 26.5 Å². The summed E-state index contributed by atoms with van der Waals surface area (Å²) in [5, 5.41) is 10.2. The van der Waals surface area contributed by atoms with Crippen molar-refractivity contribution in [3.05, 3.63) is 29.8 Å². The minimum absolute atomic E-state index is 0.191. The van der Waals surface area contributed by atoms with E-state index in [1.54, 1.807) is 0 Å². The van der Waals surface area contributed by atoms with Gasteiger partial charge in [-0.25, -0.2) is 8.42 Å². The minimum atomic E-state index is -3.26. The molecule has 19 heavy (non-hydrogen) atoms. The number of halogens is 1. The Morgan fingerprint density at radius 2 is 1.68 bits per heavy atom. The van der Waals surface area contributed by atoms with Crippen LogP contribution in [0.15, 0.2) is 29.2 Å². The van der Waals surface area contributed by atoms with Crippen LogP contribution in [0.3, 0.4) is 0 Å². The zero-order chi connectivity index (χ0) is 14.8. The van der Waals surface area contributed by atoms with Crippen LogP contribution < -0.4 is 0 Å². The minimum Gasteiger partial charge on any atom is -0.388 e. The SMILES string of the molecule is CC(C)(C)[C@@H](CF)[C@H](O)c1ccc(S(C)(=O)=O)cc1. The Labute approximate surface area is 114 Å². The number of alkyl halides is 1. The molecule has 0 amide bonds. The Morgan fingerprint density at radius 3 is 2.00 bits per heavy atom. The van der Waals surface area contributed by atoms with E-state index in [0.717, 1.165) is 6.26 Å². The van der Waals surface area contributed by atoms with Crippen LogP contribution in [0.2, 0.25) is 0 Å². The van der Waals surface area contributed by atoms with Crippen molar-refractivity contribution in [1.82, 2.24) is 0 Å². The third-order valence-corrected chi connectivity index (χ3v) is 4.44. The Bertz CT molecular complexity index is 515. The van der Waals surface area contributed by atoms with Crippen LogP contribution in [-0.2, 0) is 9.84 Å². The molecule has 0 aliphatic heterocycles. The summed E-state index contributed by atoms with van der Waals surface area (Å²) in [4.78, 5) is 0.191. The summed E-state index contributed by atoms with van der Waals surface area (Å²) in [5.41, 5.74) is 0.161. The number of aliphatic hydroxyl groups is 1. The molecule has 0 fully saturated rings. The fraction of sp³-hybridized carbons (Fsp3) is 0.571. The van der Waals surface area contributed by atoms with Gasteiger partial charge in [0.15, 0.2) is 9.84 Å². The number of hydrogen-bond donors (Lipinski definition) is 1. The number of hydrogen-bond acceptors (Lipinski definition) is 3. The van der Waals surface area contributed by atoms with Gasteiger partial charge in [0.05, 0.1) is 17.7 Å². The first kappa shape index (κ1) is 16.1. The molecule has 0 heterocycles. The molecule has 0 radical (unpaired) electrons. The van der Waals surface area contributed by atoms with Gasteiger partial charge < -0.3 is 5.11 Å². The Morgan fingerprint density at radius 1 is 1.21 bits per heavy atom. The van der Waals surface area contributed by atoms with Gasteiger partial charge in [-0.2, -0.15) is 0 Å². The van der Waals surface area contributed by atoms with Crippen LogP contribution in [0.4, 0.5) is 4.39 Å². The molecule has 3 nitrogen and oxygen atoms in total. The van der Waals surface area contributed by atoms with Gasteiger partial charge in [-0.1, -0.05) is 32.9 Å². The number of sulfone groups is 1. The molecule has 0 saturated carbocycles. The number of rotatable bonds is 4. The summed E-state index contributed by atoms with van der Waals surface area (Å²) >= 11 is 0. The number of aliphatic hydroxyl groups excluding tert-OH is 1. The fourth-order valence-electron chi connectivity index (χ4n) is 1.93. The van der Waals surface area contributed by atoms with Crippen molar-refractivity contribution >= 4 is 9.84 Å². The van der Waals surface area contributed by atoms with Crippen molar-refractivity contribution in [3.8, 4) is 0 Å². The van der Waals surface area contributed by atoms with Gasteiger partial charge in [-0.15, -0.1) is 0 Å². The van der Waals surface area contributed by atoms with Gasteiger partial charge in [-0.05, 0) is 23.1 Å². The first-order valence-corrected chi connectivity index (χ1v) is 8.00. The largest absolute Gasteiger partial charge is 0.388 e. The molecule has 0 unspecified atom stereocenters. The lowest BCUT2D eigenvalue weighted by Gasteiger charge is -2.32. The molecule has 0 bridgehead atoms. The molecule has 1 aromatic rings. The topological polar surface area (TPSA) is 54.4 Å². The van der Waals surface area contributed by atoms with Crippen molar-refractivity contribution in [1.29, 1.82) is 0 Å². The van der Waals surface area contributed by atoms with Crippen molar-refractivity contribution in [2.24, 2.45) is 11.3 Å². The van der Waals surface area contributed by atoms with E-state index >= 15 is 0 Å². The van der Waals surface area contributed by atoms with Gasteiger partial charge in [0, 0.05) is 12.2 Å². The highest BCUT2D eigenvalue weighted by Gasteiger charge is 2.32. The standard InChI is InChI=1S/C14H21FO3S/c1-14(2,3)12(9-15)13(16)10-5-7-11(8-6-10)19(4,17)18/h5-8,12-13,16H,9H2,1-4H3/t12-,13+/m0/s1. The van der Waals surface area contributed by atoms with Crippen LogP contribution in [0, 0.1) is 11.3 Å². The first-order chi connectivity index (χ1) is 8.57. The zero-order valence-corrected chi connectivity index (χ0v) is 12.5. The normalized spacial score (nSPS) is 16.1. The molecule has 0 aliphatic carbocycles. The summed E-state index contributed by atoms with van der Waals surface area (Å²) < 4.78 is 35.8. The summed E-state index contributed by atoms with van der Waals surface area (Å²) in [6.07, 6.45) is 0.177. The van der Waals surface area contributed by atoms with Crippen molar-refractivity contribution in [3.63, 3.8) is 0 Å². The number of benzene rings is 1. The summed E-state index contributed by atoms with van der Waals surface area (Å²) in [6, 6.07) is 5.95. The molecule has 1 aromatic carbocycles. The highest BCUT2D eigenvalue weighted by Crippen LogP contribution is 2.36. The van der Waals surface area contributed by atoms with E-state index < -0.39 is 28.5 Å². The quantitative estimate of drug-likeness (QED) is 0.927. The second-order valence-electron chi connectivity index (χ2n) is 5.91. The highest BCUT2D eigenvalue weighted by atomic mass is 32.2. The smallest absolute Gasteiger partial charge is 0.175 e. The Kier molecular flexibility index (Phi) is 4.74. The van der Waals surface area contributed by atoms with Gasteiger partial charge in [0.1, 0.15) is 0 Å². The summed E-state index contributed by atoms with van der Waals surface area (Å²) in [5.74, 6) is -0.531. The van der Waals surface area contributed by atoms with E-state index in [2.05, 4.69) is 0 Å². The van der Waals surface area contributed by atoms with Gasteiger partial charge in [0.2, 0.25) is 0 Å². The fourth-order valence-corrected chi connectivity index (χ4v) is 2.56. The van der Waals surface area contributed by atoms with Crippen molar-refractivity contribution < 1.29 is 17.9 Å². The van der Waals surface area contributed by atoms with Gasteiger partial charge in [0.25, 0.3) is 0 Å². The second kappa shape index (κ2) is 5.59. The van der Waals surface area contributed by atoms with Crippen LogP contribution in [0.25, 0.3) is 0 Å². The van der Waals surface area contributed by atoms with E-state index in [-0.39, 0.29) is 10.3 Å². The van der Waals surface area contributed by atoms with Crippen LogP contribution in [0.5, 0.6) is 0 Å². The van der Waals surface area contributed by atoms with E-state index in [1.165, 1.54) is 24.3 Å². The van der Waals surface area contributed by atoms with Gasteiger partial charge in [-0.3, -0.25) is 4.39 Å². The van der Waals surface area contributed by atoms with Crippen molar-refractivity contribution in [2.45, 2.75) is 31.8 Å². The predicted octanol–water partition coefficient (Wildman–Crippen LogP) is 2.76. The van der Waals surface area contributed by atoms with E-state index in [4.69, 9.17) is 0 Å². The van der Waals surface area contributed by atoms with E-state index in [1.807, 2.05) is 20.8 Å². The van der Waals surface area contributed by atoms with Gasteiger partial charge >= 0.3 is 0 Å². The maximum absolute atomic E-state index is 13.1. The van der Waals surface area contributed by atoms with Crippen molar-refractivity contribution in [2.75, 3.05) is 12.9 Å². The molecular formula is C14H21FO3S. The van der Waals surface area contributed by atoms with E-state index in [9.17, 15) is 17.9 Å². The Hall–Kier alpha value is -0.940. The molecule has 0 aliphatic rings. The predicted molar refractivity (Wildman–Crippen MR) is 73.4 cm³/mol. The third kappa shape index (κ3) is 4.01.